The number of alkyl halides is 2. The molecule has 2 atom stereocenters. The summed E-state index contributed by atoms with van der Waals surface area (Å²) in [5, 5.41) is 14.4. The van der Waals surface area contributed by atoms with E-state index in [4.69, 9.17) is 9.47 Å². The lowest BCUT2D eigenvalue weighted by atomic mass is 9.95. The van der Waals surface area contributed by atoms with Crippen molar-refractivity contribution in [1.29, 1.82) is 0 Å². The van der Waals surface area contributed by atoms with Gasteiger partial charge in [-0.05, 0) is 33.8 Å². The van der Waals surface area contributed by atoms with Crippen molar-refractivity contribution in [2.45, 2.75) is 51.6 Å². The van der Waals surface area contributed by atoms with Crippen molar-refractivity contribution >= 4 is 17.7 Å². The van der Waals surface area contributed by atoms with E-state index in [-0.39, 0.29) is 23.4 Å². The molecule has 1 saturated heterocycles. The molecular weight excluding hydrogens is 449 g/mol. The van der Waals surface area contributed by atoms with Crippen LogP contribution in [0.4, 0.5) is 19.0 Å². The molecule has 33 heavy (non-hydrogen) atoms. The number of amides is 1. The normalized spacial score (nSPS) is 20.3. The second kappa shape index (κ2) is 8.63. The highest BCUT2D eigenvalue weighted by Gasteiger charge is 2.52. The molecule has 1 aliphatic heterocycles. The van der Waals surface area contributed by atoms with Crippen LogP contribution in [0.25, 0.3) is 5.69 Å². The maximum Gasteiger partial charge on any atom is 0.339 e. The summed E-state index contributed by atoms with van der Waals surface area (Å²) in [7, 11) is 0. The number of hydrogen-bond donors (Lipinski definition) is 1. The molecule has 0 saturated carbocycles. The number of carbonyl (C=O) groups is 2. The maximum atomic E-state index is 14.7. The third-order valence-corrected chi connectivity index (χ3v) is 4.84. The lowest BCUT2D eigenvalue weighted by molar-refractivity contribution is -0.191. The summed E-state index contributed by atoms with van der Waals surface area (Å²) >= 11 is 0. The van der Waals surface area contributed by atoms with Crippen LogP contribution in [0, 0.1) is 5.82 Å². The predicted octanol–water partition coefficient (Wildman–Crippen LogP) is 1.39. The lowest BCUT2D eigenvalue weighted by Gasteiger charge is -2.40. The zero-order valence-corrected chi connectivity index (χ0v) is 18.3. The molecular formula is C20H23F3N4O6. The summed E-state index contributed by atoms with van der Waals surface area (Å²) in [4.78, 5) is 37.9. The third-order valence-electron chi connectivity index (χ3n) is 4.84. The summed E-state index contributed by atoms with van der Waals surface area (Å²) in [6.45, 7) is 2.47. The smallest absolute Gasteiger partial charge is 0.339 e. The molecule has 1 fully saturated rings. The Morgan fingerprint density at radius 2 is 1.94 bits per heavy atom. The van der Waals surface area contributed by atoms with E-state index in [1.165, 1.54) is 6.92 Å². The molecule has 0 aliphatic carbocycles. The van der Waals surface area contributed by atoms with Gasteiger partial charge in [0.2, 0.25) is 0 Å². The molecule has 2 aromatic heterocycles. The van der Waals surface area contributed by atoms with E-state index in [0.29, 0.717) is 0 Å². The highest BCUT2D eigenvalue weighted by atomic mass is 19.3. The molecule has 3 rings (SSSR count). The largest absolute Gasteiger partial charge is 0.458 e. The average molecular weight is 472 g/mol. The Bertz CT molecular complexity index is 1130. The van der Waals surface area contributed by atoms with E-state index in [0.717, 1.165) is 34.1 Å². The van der Waals surface area contributed by atoms with Crippen molar-refractivity contribution in [3.8, 4) is 5.69 Å². The SMILES string of the molecule is CC(C)(C)OC(=O)C(O)C1(C)OCCN(c2nn(-c3ccc(=O)n(C(F)F)c3)cc2F)C1=O. The van der Waals surface area contributed by atoms with Crippen molar-refractivity contribution in [2.75, 3.05) is 18.1 Å². The van der Waals surface area contributed by atoms with Gasteiger partial charge < -0.3 is 14.6 Å². The van der Waals surface area contributed by atoms with Gasteiger partial charge in [-0.1, -0.05) is 0 Å². The minimum Gasteiger partial charge on any atom is -0.458 e. The van der Waals surface area contributed by atoms with Gasteiger partial charge in [-0.3, -0.25) is 19.1 Å². The Morgan fingerprint density at radius 3 is 2.55 bits per heavy atom. The zero-order valence-electron chi connectivity index (χ0n) is 18.3. The van der Waals surface area contributed by atoms with E-state index in [9.17, 15) is 32.7 Å². The zero-order chi connectivity index (χ0) is 24.7. The molecule has 10 nitrogen and oxygen atoms in total. The van der Waals surface area contributed by atoms with Crippen LogP contribution in [0.15, 0.2) is 29.3 Å². The van der Waals surface area contributed by atoms with Crippen LogP contribution >= 0.6 is 0 Å². The van der Waals surface area contributed by atoms with Gasteiger partial charge in [0.25, 0.3) is 11.5 Å². The number of aliphatic hydroxyl groups excluding tert-OH is 1. The number of hydrogen-bond acceptors (Lipinski definition) is 7. The van der Waals surface area contributed by atoms with Crippen molar-refractivity contribution in [2.24, 2.45) is 0 Å². The molecule has 1 N–H and O–H groups in total. The highest BCUT2D eigenvalue weighted by molar-refractivity contribution is 6.02. The molecule has 0 spiro atoms. The van der Waals surface area contributed by atoms with E-state index < -0.39 is 52.9 Å². The molecule has 2 aromatic rings. The Labute approximate surface area is 186 Å². The fourth-order valence-corrected chi connectivity index (χ4v) is 3.20. The molecule has 0 bridgehead atoms. The van der Waals surface area contributed by atoms with Crippen molar-refractivity contribution in [3.05, 3.63) is 40.7 Å². The molecule has 180 valence electrons. The number of esters is 1. The van der Waals surface area contributed by atoms with Gasteiger partial charge in [-0.15, -0.1) is 5.10 Å². The number of aliphatic hydroxyl groups is 1. The molecule has 0 radical (unpaired) electrons. The number of anilines is 1. The van der Waals surface area contributed by atoms with Gasteiger partial charge in [0.05, 0.1) is 25.0 Å². The van der Waals surface area contributed by atoms with E-state index in [1.807, 2.05) is 0 Å². The monoisotopic (exact) mass is 472 g/mol. The second-order valence-electron chi connectivity index (χ2n) is 8.50. The predicted molar refractivity (Wildman–Crippen MR) is 108 cm³/mol. The highest BCUT2D eigenvalue weighted by Crippen LogP contribution is 2.30. The van der Waals surface area contributed by atoms with Crippen LogP contribution in [0.1, 0.15) is 34.2 Å². The number of aromatic nitrogens is 3. The van der Waals surface area contributed by atoms with Crippen LogP contribution in [0.3, 0.4) is 0 Å². The lowest BCUT2D eigenvalue weighted by Crippen LogP contribution is -2.63. The number of pyridine rings is 1. The first-order chi connectivity index (χ1) is 15.2. The summed E-state index contributed by atoms with van der Waals surface area (Å²) in [6, 6.07) is 2.03. The Kier molecular flexibility index (Phi) is 6.40. The fraction of sp³-hybridized carbons (Fsp3) is 0.500. The Morgan fingerprint density at radius 1 is 1.27 bits per heavy atom. The molecule has 1 aliphatic rings. The van der Waals surface area contributed by atoms with Crippen LogP contribution in [0.5, 0.6) is 0 Å². The van der Waals surface area contributed by atoms with E-state index in [2.05, 4.69) is 5.10 Å². The van der Waals surface area contributed by atoms with Gasteiger partial charge in [0.15, 0.2) is 23.3 Å². The average Bonchev–Trinajstić information content (AvgIpc) is 3.09. The summed E-state index contributed by atoms with van der Waals surface area (Å²) < 4.78 is 52.3. The van der Waals surface area contributed by atoms with Gasteiger partial charge in [-0.25, -0.2) is 13.9 Å². The Hall–Kier alpha value is -3.19. The number of carbonyl (C=O) groups excluding carboxylic acids is 2. The minimum absolute atomic E-state index is 0.0580. The molecule has 13 heteroatoms. The minimum atomic E-state index is -3.12. The molecule has 3 heterocycles. The topological polar surface area (TPSA) is 116 Å². The summed E-state index contributed by atoms with van der Waals surface area (Å²) in [6.07, 6.45) is -0.373. The third kappa shape index (κ3) is 4.78. The van der Waals surface area contributed by atoms with Crippen LogP contribution < -0.4 is 10.5 Å². The fourth-order valence-electron chi connectivity index (χ4n) is 3.20. The molecule has 0 aromatic carbocycles. The number of morpholine rings is 1. The van der Waals surface area contributed by atoms with E-state index >= 15 is 0 Å². The summed E-state index contributed by atoms with van der Waals surface area (Å²) in [5.41, 5.74) is -4.04. The van der Waals surface area contributed by atoms with Crippen molar-refractivity contribution in [1.82, 2.24) is 14.3 Å². The van der Waals surface area contributed by atoms with Gasteiger partial charge in [0.1, 0.15) is 5.60 Å². The second-order valence-corrected chi connectivity index (χ2v) is 8.50. The quantitative estimate of drug-likeness (QED) is 0.654. The van der Waals surface area contributed by atoms with Gasteiger partial charge in [0, 0.05) is 12.3 Å². The number of rotatable bonds is 5. The standard InChI is InChI=1S/C20H23F3N4O6/c1-19(2,3)33-16(30)14(29)20(4)17(31)25(7-8-32-20)15-12(21)10-27(24-15)11-5-6-13(28)26(9-11)18(22)23/h5-6,9-10,14,18,29H,7-8H2,1-4H3. The first-order valence-electron chi connectivity index (χ1n) is 9.87. The number of ether oxygens (including phenoxy) is 2. The van der Waals surface area contributed by atoms with Crippen molar-refractivity contribution < 1.29 is 37.3 Å². The van der Waals surface area contributed by atoms with Crippen molar-refractivity contribution in [3.63, 3.8) is 0 Å². The van der Waals surface area contributed by atoms with Gasteiger partial charge in [-0.2, -0.15) is 8.78 Å². The summed E-state index contributed by atoms with van der Waals surface area (Å²) in [5.74, 6) is -3.50. The maximum absolute atomic E-state index is 14.7. The first kappa shape index (κ1) is 24.5. The molecule has 2 unspecified atom stereocenters. The Balaban J connectivity index is 1.92. The number of halogens is 3. The van der Waals surface area contributed by atoms with Gasteiger partial charge >= 0.3 is 12.5 Å². The van der Waals surface area contributed by atoms with Crippen LogP contribution in [-0.2, 0) is 19.1 Å². The first-order valence-corrected chi connectivity index (χ1v) is 9.87. The van der Waals surface area contributed by atoms with Crippen LogP contribution in [-0.4, -0.2) is 61.8 Å². The molecule has 1 amide bonds. The number of nitrogens with zero attached hydrogens (tertiary/aromatic N) is 4. The van der Waals surface area contributed by atoms with Crippen LogP contribution in [0.2, 0.25) is 0 Å². The van der Waals surface area contributed by atoms with E-state index in [1.54, 1.807) is 20.8 Å².